The van der Waals surface area contributed by atoms with Crippen LogP contribution in [0.5, 0.6) is 0 Å². The van der Waals surface area contributed by atoms with Crippen molar-refractivity contribution in [3.8, 4) is 0 Å². The molecule has 1 saturated heterocycles. The van der Waals surface area contributed by atoms with E-state index in [9.17, 15) is 4.79 Å². The molecule has 1 unspecified atom stereocenters. The predicted molar refractivity (Wildman–Crippen MR) is 99.5 cm³/mol. The van der Waals surface area contributed by atoms with E-state index in [4.69, 9.17) is 21.1 Å². The molecule has 140 valence electrons. The predicted octanol–water partition coefficient (Wildman–Crippen LogP) is 2.04. The van der Waals surface area contributed by atoms with E-state index < -0.39 is 5.97 Å². The van der Waals surface area contributed by atoms with Gasteiger partial charge in [0.25, 0.3) is 0 Å². The number of carboxylic acid groups (broad SMARTS) is 1. The zero-order valence-corrected chi connectivity index (χ0v) is 14.9. The van der Waals surface area contributed by atoms with Crippen LogP contribution < -0.4 is 5.73 Å². The Bertz CT molecular complexity index is 679. The second-order valence-corrected chi connectivity index (χ2v) is 7.13. The van der Waals surface area contributed by atoms with Crippen LogP contribution in [0.3, 0.4) is 0 Å². The van der Waals surface area contributed by atoms with Gasteiger partial charge in [0.1, 0.15) is 11.9 Å². The summed E-state index contributed by atoms with van der Waals surface area (Å²) in [7, 11) is 0. The highest BCUT2D eigenvalue weighted by Gasteiger charge is 2.28. The van der Waals surface area contributed by atoms with Crippen molar-refractivity contribution >= 4 is 17.5 Å². The van der Waals surface area contributed by atoms with E-state index in [2.05, 4.69) is 10.1 Å². The first-order valence-corrected chi connectivity index (χ1v) is 9.13. The maximum Gasteiger partial charge on any atom is 0.304 e. The molecule has 0 aliphatic carbocycles. The number of oxime groups is 1. The number of aliphatic carboxylic acids is 1. The quantitative estimate of drug-likeness (QED) is 0.510. The first-order valence-electron chi connectivity index (χ1n) is 9.13. The number of piperidine rings is 1. The first kappa shape index (κ1) is 18.4. The average molecular weight is 358 g/mol. The second kappa shape index (κ2) is 8.31. The zero-order chi connectivity index (χ0) is 18.5. The van der Waals surface area contributed by atoms with Gasteiger partial charge in [-0.1, -0.05) is 29.4 Å². The van der Waals surface area contributed by atoms with Gasteiger partial charge in [0.05, 0.1) is 12.1 Å². The fourth-order valence-electron chi connectivity index (χ4n) is 3.64. The number of likely N-dealkylation sites (tertiary alicyclic amines) is 1. The highest BCUT2D eigenvalue weighted by Crippen LogP contribution is 2.28. The van der Waals surface area contributed by atoms with Gasteiger partial charge in [0.2, 0.25) is 0 Å². The molecule has 2 aliphatic heterocycles. The molecule has 26 heavy (non-hydrogen) atoms. The molecule has 0 spiro atoms. The van der Waals surface area contributed by atoms with E-state index in [0.29, 0.717) is 18.0 Å². The Morgan fingerprint density at radius 1 is 1.31 bits per heavy atom. The second-order valence-electron chi connectivity index (χ2n) is 7.13. The standard InChI is InChI=1S/C19H26N4O3/c20-19(21)15-3-1-14(2-4-15)17-12-16(26-22-17)11-13-5-8-23(9-6-13)10-7-18(24)25/h1-4,13,16H,5-12H2,(H3,20,21)(H,24,25). The minimum atomic E-state index is -0.729. The van der Waals surface area contributed by atoms with Crippen molar-refractivity contribution in [1.29, 1.82) is 5.41 Å². The number of amidine groups is 1. The summed E-state index contributed by atoms with van der Waals surface area (Å²) in [4.78, 5) is 18.5. The van der Waals surface area contributed by atoms with Gasteiger partial charge in [-0.2, -0.15) is 0 Å². The summed E-state index contributed by atoms with van der Waals surface area (Å²) in [6.45, 7) is 2.57. The number of rotatable bonds is 7. The lowest BCUT2D eigenvalue weighted by atomic mass is 9.89. The summed E-state index contributed by atoms with van der Waals surface area (Å²) in [5, 5.41) is 20.5. The van der Waals surface area contributed by atoms with Crippen LogP contribution in [0.1, 0.15) is 43.2 Å². The molecule has 1 aromatic carbocycles. The molecule has 0 bridgehead atoms. The van der Waals surface area contributed by atoms with Crippen molar-refractivity contribution in [3.63, 3.8) is 0 Å². The maximum atomic E-state index is 10.7. The molecular weight excluding hydrogens is 332 g/mol. The number of benzene rings is 1. The SMILES string of the molecule is N=C(N)c1ccc(C2=NOC(CC3CCN(CCC(=O)O)CC3)C2)cc1. The van der Waals surface area contributed by atoms with Gasteiger partial charge in [-0.25, -0.2) is 0 Å². The number of carboxylic acids is 1. The third-order valence-electron chi connectivity index (χ3n) is 5.21. The molecule has 7 nitrogen and oxygen atoms in total. The first-order chi connectivity index (χ1) is 12.5. The van der Waals surface area contributed by atoms with Crippen molar-refractivity contribution in [2.24, 2.45) is 16.8 Å². The number of hydrogen-bond acceptors (Lipinski definition) is 5. The average Bonchev–Trinajstić information content (AvgIpc) is 3.09. The topological polar surface area (TPSA) is 112 Å². The Kier molecular flexibility index (Phi) is 5.88. The molecule has 1 aromatic rings. The molecule has 3 rings (SSSR count). The van der Waals surface area contributed by atoms with E-state index in [0.717, 1.165) is 50.0 Å². The highest BCUT2D eigenvalue weighted by atomic mass is 16.6. The van der Waals surface area contributed by atoms with Gasteiger partial charge in [0.15, 0.2) is 0 Å². The van der Waals surface area contributed by atoms with Crippen LogP contribution in [0.25, 0.3) is 0 Å². The maximum absolute atomic E-state index is 10.7. The number of hydrogen-bond donors (Lipinski definition) is 3. The van der Waals surface area contributed by atoms with E-state index >= 15 is 0 Å². The smallest absolute Gasteiger partial charge is 0.304 e. The summed E-state index contributed by atoms with van der Waals surface area (Å²) in [6.07, 6.45) is 4.30. The molecule has 0 aromatic heterocycles. The largest absolute Gasteiger partial charge is 0.481 e. The fraction of sp³-hybridized carbons (Fsp3) is 0.526. The minimum absolute atomic E-state index is 0.0636. The van der Waals surface area contributed by atoms with Crippen LogP contribution in [-0.2, 0) is 9.63 Å². The van der Waals surface area contributed by atoms with Gasteiger partial charge in [-0.15, -0.1) is 0 Å². The van der Waals surface area contributed by atoms with E-state index in [1.54, 1.807) is 0 Å². The van der Waals surface area contributed by atoms with E-state index in [1.165, 1.54) is 0 Å². The Morgan fingerprint density at radius 3 is 2.62 bits per heavy atom. The fourth-order valence-corrected chi connectivity index (χ4v) is 3.64. The van der Waals surface area contributed by atoms with E-state index in [-0.39, 0.29) is 18.4 Å². The van der Waals surface area contributed by atoms with E-state index in [1.807, 2.05) is 24.3 Å². The number of nitrogens with zero attached hydrogens (tertiary/aromatic N) is 2. The number of nitrogens with one attached hydrogen (secondary N) is 1. The monoisotopic (exact) mass is 358 g/mol. The third-order valence-corrected chi connectivity index (χ3v) is 5.21. The van der Waals surface area contributed by atoms with Gasteiger partial charge in [0, 0.05) is 18.5 Å². The molecular formula is C19H26N4O3. The summed E-state index contributed by atoms with van der Waals surface area (Å²) < 4.78 is 0. The lowest BCUT2D eigenvalue weighted by Crippen LogP contribution is -2.36. The number of nitrogen functional groups attached to an aromatic ring is 1. The van der Waals surface area contributed by atoms with Gasteiger partial charge >= 0.3 is 5.97 Å². The number of carbonyl (C=O) groups is 1. The minimum Gasteiger partial charge on any atom is -0.481 e. The van der Waals surface area contributed by atoms with Crippen molar-refractivity contribution in [2.45, 2.75) is 38.2 Å². The van der Waals surface area contributed by atoms with Gasteiger partial charge in [-0.3, -0.25) is 10.2 Å². The molecule has 4 N–H and O–H groups in total. The van der Waals surface area contributed by atoms with Crippen LogP contribution in [0.2, 0.25) is 0 Å². The van der Waals surface area contributed by atoms with Crippen LogP contribution in [0, 0.1) is 11.3 Å². The summed E-state index contributed by atoms with van der Waals surface area (Å²) in [5.41, 5.74) is 8.15. The number of nitrogens with two attached hydrogens (primary N) is 1. The molecule has 7 heteroatoms. The van der Waals surface area contributed by atoms with Crippen molar-refractivity contribution < 1.29 is 14.7 Å². The summed E-state index contributed by atoms with van der Waals surface area (Å²) in [6, 6.07) is 7.53. The lowest BCUT2D eigenvalue weighted by Gasteiger charge is -2.32. The molecule has 0 amide bonds. The molecule has 1 fully saturated rings. The Balaban J connectivity index is 1.43. The van der Waals surface area contributed by atoms with Crippen molar-refractivity contribution in [3.05, 3.63) is 35.4 Å². The summed E-state index contributed by atoms with van der Waals surface area (Å²) >= 11 is 0. The highest BCUT2D eigenvalue weighted by molar-refractivity contribution is 6.02. The van der Waals surface area contributed by atoms with Gasteiger partial charge in [-0.05, 0) is 43.8 Å². The lowest BCUT2D eigenvalue weighted by molar-refractivity contribution is -0.137. The van der Waals surface area contributed by atoms with Crippen LogP contribution in [-0.4, -0.2) is 53.3 Å². The van der Waals surface area contributed by atoms with Crippen LogP contribution >= 0.6 is 0 Å². The van der Waals surface area contributed by atoms with Gasteiger partial charge < -0.3 is 20.6 Å². The summed E-state index contributed by atoms with van der Waals surface area (Å²) in [5.74, 6) is -0.0584. The zero-order valence-electron chi connectivity index (χ0n) is 14.9. The molecule has 0 radical (unpaired) electrons. The normalized spacial score (nSPS) is 21.2. The Labute approximate surface area is 153 Å². The molecule has 1 atom stereocenters. The van der Waals surface area contributed by atoms with Crippen molar-refractivity contribution in [1.82, 2.24) is 4.90 Å². The molecule has 2 aliphatic rings. The third kappa shape index (κ3) is 4.82. The van der Waals surface area contributed by atoms with Crippen LogP contribution in [0.15, 0.2) is 29.4 Å². The van der Waals surface area contributed by atoms with Crippen molar-refractivity contribution in [2.75, 3.05) is 19.6 Å². The molecule has 0 saturated carbocycles. The Hall–Kier alpha value is -2.41. The van der Waals surface area contributed by atoms with Crippen LogP contribution in [0.4, 0.5) is 0 Å². The molecule has 2 heterocycles. The Morgan fingerprint density at radius 2 is 2.00 bits per heavy atom.